The van der Waals surface area contributed by atoms with Crippen molar-refractivity contribution in [3.63, 3.8) is 0 Å². The Bertz CT molecular complexity index is 393. The van der Waals surface area contributed by atoms with Gasteiger partial charge in [-0.2, -0.15) is 0 Å². The second kappa shape index (κ2) is 5.84. The summed E-state index contributed by atoms with van der Waals surface area (Å²) < 4.78 is 15.4. The molecule has 1 amide bonds. The Hall–Kier alpha value is -1.33. The number of rotatable bonds is 5. The number of carbonyl (C=O) groups is 1. The lowest BCUT2D eigenvalue weighted by Gasteiger charge is -2.14. The van der Waals surface area contributed by atoms with Gasteiger partial charge in [0.05, 0.1) is 12.1 Å². The van der Waals surface area contributed by atoms with E-state index in [1.54, 1.807) is 6.92 Å². The SMILES string of the molecule is COC(CNC(=O)c1c(C)oc(C)c1C)OC. The molecule has 0 aliphatic rings. The zero-order valence-corrected chi connectivity index (χ0v) is 10.9. The molecule has 0 bridgehead atoms. The third kappa shape index (κ3) is 3.08. The Kier molecular flexibility index (Phi) is 4.72. The molecule has 1 aromatic heterocycles. The van der Waals surface area contributed by atoms with E-state index in [1.165, 1.54) is 14.2 Å². The van der Waals surface area contributed by atoms with E-state index < -0.39 is 6.29 Å². The first-order chi connectivity index (χ1) is 8.01. The highest BCUT2D eigenvalue weighted by molar-refractivity contribution is 5.96. The summed E-state index contributed by atoms with van der Waals surface area (Å²) >= 11 is 0. The van der Waals surface area contributed by atoms with Gasteiger partial charge in [-0.25, -0.2) is 0 Å². The fourth-order valence-electron chi connectivity index (χ4n) is 1.65. The molecule has 0 aliphatic carbocycles. The maximum Gasteiger partial charge on any atom is 0.255 e. The van der Waals surface area contributed by atoms with Crippen LogP contribution in [-0.2, 0) is 9.47 Å². The lowest BCUT2D eigenvalue weighted by Crippen LogP contribution is -2.34. The first kappa shape index (κ1) is 13.7. The second-order valence-corrected chi connectivity index (χ2v) is 3.83. The van der Waals surface area contributed by atoms with Gasteiger partial charge in [-0.1, -0.05) is 0 Å². The highest BCUT2D eigenvalue weighted by Crippen LogP contribution is 2.20. The molecule has 0 saturated carbocycles. The Labute approximate surface area is 101 Å². The number of furan rings is 1. The van der Waals surface area contributed by atoms with Crippen molar-refractivity contribution in [2.24, 2.45) is 0 Å². The van der Waals surface area contributed by atoms with Crippen molar-refractivity contribution in [3.8, 4) is 0 Å². The molecule has 0 spiro atoms. The topological polar surface area (TPSA) is 60.7 Å². The van der Waals surface area contributed by atoms with Crippen molar-refractivity contribution in [3.05, 3.63) is 22.6 Å². The smallest absolute Gasteiger partial charge is 0.255 e. The summed E-state index contributed by atoms with van der Waals surface area (Å²) in [6.07, 6.45) is -0.437. The number of amides is 1. The molecular weight excluding hydrogens is 222 g/mol. The minimum Gasteiger partial charge on any atom is -0.466 e. The first-order valence-corrected chi connectivity index (χ1v) is 5.41. The summed E-state index contributed by atoms with van der Waals surface area (Å²) in [5.74, 6) is 1.22. The Morgan fingerprint density at radius 1 is 1.24 bits per heavy atom. The van der Waals surface area contributed by atoms with Crippen LogP contribution in [0.1, 0.15) is 27.4 Å². The third-order valence-corrected chi connectivity index (χ3v) is 2.74. The summed E-state index contributed by atoms with van der Waals surface area (Å²) in [6, 6.07) is 0. The monoisotopic (exact) mass is 241 g/mol. The van der Waals surface area contributed by atoms with Gasteiger partial charge in [-0.3, -0.25) is 4.79 Å². The average molecular weight is 241 g/mol. The van der Waals surface area contributed by atoms with E-state index in [9.17, 15) is 4.79 Å². The molecule has 0 aromatic carbocycles. The van der Waals surface area contributed by atoms with E-state index in [2.05, 4.69) is 5.32 Å². The molecule has 0 saturated heterocycles. The quantitative estimate of drug-likeness (QED) is 0.795. The van der Waals surface area contributed by atoms with Crippen LogP contribution < -0.4 is 5.32 Å². The summed E-state index contributed by atoms with van der Waals surface area (Å²) in [7, 11) is 3.05. The molecule has 5 nitrogen and oxygen atoms in total. The summed E-state index contributed by atoms with van der Waals surface area (Å²) in [5.41, 5.74) is 1.46. The molecule has 0 atom stereocenters. The Morgan fingerprint density at radius 2 is 1.82 bits per heavy atom. The van der Waals surface area contributed by atoms with Crippen LogP contribution in [0.25, 0.3) is 0 Å². The minimum absolute atomic E-state index is 0.170. The Balaban J connectivity index is 2.70. The Morgan fingerprint density at radius 3 is 2.24 bits per heavy atom. The lowest BCUT2D eigenvalue weighted by molar-refractivity contribution is -0.0974. The summed E-state index contributed by atoms with van der Waals surface area (Å²) in [4.78, 5) is 12.0. The molecule has 1 N–H and O–H groups in total. The molecule has 0 aliphatic heterocycles. The molecule has 17 heavy (non-hydrogen) atoms. The van der Waals surface area contributed by atoms with E-state index in [-0.39, 0.29) is 5.91 Å². The maximum atomic E-state index is 12.0. The largest absolute Gasteiger partial charge is 0.466 e. The van der Waals surface area contributed by atoms with Crippen molar-refractivity contribution in [1.82, 2.24) is 5.32 Å². The van der Waals surface area contributed by atoms with Crippen LogP contribution in [0.2, 0.25) is 0 Å². The molecule has 1 heterocycles. The number of hydrogen-bond acceptors (Lipinski definition) is 4. The number of methoxy groups -OCH3 is 2. The van der Waals surface area contributed by atoms with E-state index >= 15 is 0 Å². The molecule has 1 rings (SSSR count). The zero-order valence-electron chi connectivity index (χ0n) is 10.9. The van der Waals surface area contributed by atoms with Gasteiger partial charge in [0, 0.05) is 19.8 Å². The van der Waals surface area contributed by atoms with E-state index in [0.29, 0.717) is 17.9 Å². The van der Waals surface area contributed by atoms with Gasteiger partial charge in [-0.05, 0) is 20.8 Å². The normalized spacial score (nSPS) is 10.9. The van der Waals surface area contributed by atoms with Gasteiger partial charge in [0.15, 0.2) is 6.29 Å². The van der Waals surface area contributed by atoms with Gasteiger partial charge in [0.1, 0.15) is 11.5 Å². The van der Waals surface area contributed by atoms with Crippen LogP contribution in [0.15, 0.2) is 4.42 Å². The third-order valence-electron chi connectivity index (χ3n) is 2.74. The average Bonchev–Trinajstić information content (AvgIpc) is 2.54. The van der Waals surface area contributed by atoms with E-state index in [0.717, 1.165) is 11.3 Å². The maximum absolute atomic E-state index is 12.0. The molecule has 0 fully saturated rings. The second-order valence-electron chi connectivity index (χ2n) is 3.83. The van der Waals surface area contributed by atoms with Gasteiger partial charge in [0.25, 0.3) is 5.91 Å². The highest BCUT2D eigenvalue weighted by Gasteiger charge is 2.19. The predicted octanol–water partition coefficient (Wildman–Crippen LogP) is 1.55. The molecule has 5 heteroatoms. The van der Waals surface area contributed by atoms with Gasteiger partial charge in [0.2, 0.25) is 0 Å². The summed E-state index contributed by atoms with van der Waals surface area (Å²) in [6.45, 7) is 5.78. The van der Waals surface area contributed by atoms with Crippen molar-refractivity contribution in [2.45, 2.75) is 27.1 Å². The fraction of sp³-hybridized carbons (Fsp3) is 0.583. The van der Waals surface area contributed by atoms with Crippen molar-refractivity contribution in [1.29, 1.82) is 0 Å². The number of ether oxygens (including phenoxy) is 2. The van der Waals surface area contributed by atoms with Crippen LogP contribution in [0.4, 0.5) is 0 Å². The molecule has 0 radical (unpaired) electrons. The van der Waals surface area contributed by atoms with Crippen LogP contribution in [0.3, 0.4) is 0 Å². The fourth-order valence-corrected chi connectivity index (χ4v) is 1.65. The first-order valence-electron chi connectivity index (χ1n) is 5.41. The number of carbonyl (C=O) groups excluding carboxylic acids is 1. The number of hydrogen-bond donors (Lipinski definition) is 1. The van der Waals surface area contributed by atoms with E-state index in [4.69, 9.17) is 13.9 Å². The standard InChI is InChI=1S/C12H19NO4/c1-7-8(2)17-9(3)11(7)12(14)13-6-10(15-4)16-5/h10H,6H2,1-5H3,(H,13,14). The van der Waals surface area contributed by atoms with Crippen molar-refractivity contribution < 1.29 is 18.7 Å². The minimum atomic E-state index is -0.437. The van der Waals surface area contributed by atoms with Crippen LogP contribution in [0.5, 0.6) is 0 Å². The zero-order chi connectivity index (χ0) is 13.0. The highest BCUT2D eigenvalue weighted by atomic mass is 16.7. The van der Waals surface area contributed by atoms with Gasteiger partial charge < -0.3 is 19.2 Å². The van der Waals surface area contributed by atoms with Gasteiger partial charge >= 0.3 is 0 Å². The molecule has 0 unspecified atom stereocenters. The van der Waals surface area contributed by atoms with E-state index in [1.807, 2.05) is 13.8 Å². The van der Waals surface area contributed by atoms with Crippen LogP contribution >= 0.6 is 0 Å². The van der Waals surface area contributed by atoms with Crippen LogP contribution in [0, 0.1) is 20.8 Å². The van der Waals surface area contributed by atoms with Crippen molar-refractivity contribution in [2.75, 3.05) is 20.8 Å². The van der Waals surface area contributed by atoms with Gasteiger partial charge in [-0.15, -0.1) is 0 Å². The summed E-state index contributed by atoms with van der Waals surface area (Å²) in [5, 5.41) is 2.75. The number of aryl methyl sites for hydroxylation is 2. The van der Waals surface area contributed by atoms with Crippen molar-refractivity contribution >= 4 is 5.91 Å². The predicted molar refractivity (Wildman–Crippen MR) is 63.1 cm³/mol. The number of nitrogens with one attached hydrogen (secondary N) is 1. The molecule has 96 valence electrons. The lowest BCUT2D eigenvalue weighted by atomic mass is 10.1. The molecular formula is C12H19NO4. The van der Waals surface area contributed by atoms with Crippen LogP contribution in [-0.4, -0.2) is 33.0 Å². The molecule has 1 aromatic rings.